The molecule has 0 unspecified atom stereocenters. The molecule has 7 heteroatoms. The van der Waals surface area contributed by atoms with E-state index in [9.17, 15) is 18.3 Å². The van der Waals surface area contributed by atoms with Gasteiger partial charge in [-0.3, -0.25) is 4.79 Å². The van der Waals surface area contributed by atoms with Gasteiger partial charge in [0.25, 0.3) is 0 Å². The van der Waals surface area contributed by atoms with Crippen LogP contribution in [0.3, 0.4) is 0 Å². The summed E-state index contributed by atoms with van der Waals surface area (Å²) in [7, 11) is -3.86. The molecule has 3 atom stereocenters. The number of hydrogen-bond acceptors (Lipinski definition) is 4. The van der Waals surface area contributed by atoms with E-state index in [1.165, 1.54) is 12.1 Å². The van der Waals surface area contributed by atoms with Gasteiger partial charge in [0, 0.05) is 17.5 Å². The summed E-state index contributed by atoms with van der Waals surface area (Å²) < 4.78 is 26.2. The third-order valence-electron chi connectivity index (χ3n) is 4.88. The van der Waals surface area contributed by atoms with Crippen molar-refractivity contribution in [1.29, 1.82) is 0 Å². The molecular formula is C18H18ClNO4S. The normalized spacial score (nSPS) is 25.6. The largest absolute Gasteiger partial charge is 0.481 e. The number of aryl methyl sites for hydroxylation is 1. The molecule has 0 spiro atoms. The first-order valence-electron chi connectivity index (χ1n) is 7.74. The lowest BCUT2D eigenvalue weighted by atomic mass is 9.99. The van der Waals surface area contributed by atoms with Gasteiger partial charge in [-0.25, -0.2) is 8.42 Å². The third-order valence-corrected chi connectivity index (χ3v) is 7.41. The molecule has 1 aliphatic rings. The molecule has 3 rings (SSSR count). The molecule has 1 fully saturated rings. The van der Waals surface area contributed by atoms with Gasteiger partial charge in [-0.15, -0.1) is 0 Å². The average molecular weight is 380 g/mol. The van der Waals surface area contributed by atoms with Crippen molar-refractivity contribution in [3.63, 3.8) is 0 Å². The molecule has 5 nitrogen and oxygen atoms in total. The van der Waals surface area contributed by atoms with E-state index in [-0.39, 0.29) is 11.4 Å². The zero-order valence-corrected chi connectivity index (χ0v) is 15.1. The van der Waals surface area contributed by atoms with Crippen molar-refractivity contribution in [1.82, 2.24) is 0 Å². The Morgan fingerprint density at radius 2 is 1.88 bits per heavy atom. The predicted octanol–water partition coefficient (Wildman–Crippen LogP) is 2.62. The first-order chi connectivity index (χ1) is 11.7. The number of hydrogen-bond donors (Lipinski definition) is 2. The Bertz CT molecular complexity index is 926. The van der Waals surface area contributed by atoms with Gasteiger partial charge in [0.2, 0.25) is 0 Å². The van der Waals surface area contributed by atoms with Crippen molar-refractivity contribution in [3.05, 3.63) is 64.7 Å². The first kappa shape index (κ1) is 17.9. The van der Waals surface area contributed by atoms with Crippen LogP contribution in [0.1, 0.15) is 17.0 Å². The second kappa shape index (κ2) is 6.12. The van der Waals surface area contributed by atoms with Crippen molar-refractivity contribution < 1.29 is 18.3 Å². The van der Waals surface area contributed by atoms with Crippen LogP contribution >= 0.6 is 11.6 Å². The average Bonchev–Trinajstić information content (AvgIpc) is 3.27. The van der Waals surface area contributed by atoms with Crippen LogP contribution in [-0.2, 0) is 14.6 Å². The molecule has 3 N–H and O–H groups in total. The van der Waals surface area contributed by atoms with E-state index < -0.39 is 32.4 Å². The van der Waals surface area contributed by atoms with Crippen molar-refractivity contribution in [2.24, 2.45) is 11.1 Å². The minimum absolute atomic E-state index is 0.103. The molecule has 0 bridgehead atoms. The Morgan fingerprint density at radius 3 is 2.40 bits per heavy atom. The Hall–Kier alpha value is -1.89. The van der Waals surface area contributed by atoms with Crippen LogP contribution in [0, 0.1) is 12.3 Å². The lowest BCUT2D eigenvalue weighted by Gasteiger charge is -2.10. The highest BCUT2D eigenvalue weighted by atomic mass is 35.5. The Morgan fingerprint density at radius 1 is 1.24 bits per heavy atom. The molecule has 0 saturated heterocycles. The highest BCUT2D eigenvalue weighted by Crippen LogP contribution is 2.63. The van der Waals surface area contributed by atoms with Crippen LogP contribution in [-0.4, -0.2) is 31.3 Å². The number of carboxylic acids is 1. The van der Waals surface area contributed by atoms with E-state index in [1.807, 2.05) is 6.92 Å². The molecule has 1 saturated carbocycles. The number of sulfone groups is 1. The number of nitrogens with two attached hydrogens (primary N) is 1. The number of rotatable bonds is 5. The second-order valence-corrected chi connectivity index (χ2v) is 8.87. The summed E-state index contributed by atoms with van der Waals surface area (Å²) >= 11 is 6.00. The number of benzene rings is 2. The maximum absolute atomic E-state index is 13.1. The van der Waals surface area contributed by atoms with Gasteiger partial charge in [-0.05, 0) is 36.8 Å². The quantitative estimate of drug-likeness (QED) is 0.832. The molecule has 2 aromatic rings. The predicted molar refractivity (Wildman–Crippen MR) is 95.5 cm³/mol. The summed E-state index contributed by atoms with van der Waals surface area (Å²) in [6.07, 6.45) is 0. The minimum Gasteiger partial charge on any atom is -0.481 e. The molecule has 0 amide bonds. The fourth-order valence-electron chi connectivity index (χ4n) is 3.49. The summed E-state index contributed by atoms with van der Waals surface area (Å²) in [4.78, 5) is 12.1. The molecule has 0 radical (unpaired) electrons. The lowest BCUT2D eigenvalue weighted by Crippen LogP contribution is -2.31. The zero-order valence-electron chi connectivity index (χ0n) is 13.5. The van der Waals surface area contributed by atoms with Gasteiger partial charge >= 0.3 is 5.97 Å². The Balaban J connectivity index is 2.12. The van der Waals surface area contributed by atoms with Crippen LogP contribution < -0.4 is 5.73 Å². The van der Waals surface area contributed by atoms with Crippen LogP contribution in [0.5, 0.6) is 0 Å². The molecular weight excluding hydrogens is 362 g/mol. The van der Waals surface area contributed by atoms with Crippen LogP contribution in [0.4, 0.5) is 0 Å². The molecule has 0 aliphatic heterocycles. The molecule has 1 aliphatic carbocycles. The number of aliphatic carboxylic acids is 1. The second-order valence-electron chi connectivity index (χ2n) is 6.36. The summed E-state index contributed by atoms with van der Waals surface area (Å²) in [6.45, 7) is 1.58. The van der Waals surface area contributed by atoms with E-state index in [2.05, 4.69) is 0 Å². The van der Waals surface area contributed by atoms with Crippen molar-refractivity contribution in [2.45, 2.75) is 23.0 Å². The summed E-state index contributed by atoms with van der Waals surface area (Å²) in [5.74, 6) is -1.94. The number of carboxylic acid groups (broad SMARTS) is 1. The van der Waals surface area contributed by atoms with E-state index in [4.69, 9.17) is 17.3 Å². The third kappa shape index (κ3) is 2.74. The zero-order chi connectivity index (χ0) is 18.4. The van der Waals surface area contributed by atoms with Crippen LogP contribution in [0.15, 0.2) is 53.4 Å². The molecule has 132 valence electrons. The molecule has 2 aromatic carbocycles. The van der Waals surface area contributed by atoms with Gasteiger partial charge in [-0.1, -0.05) is 41.4 Å². The summed E-state index contributed by atoms with van der Waals surface area (Å²) in [5, 5.41) is 9.05. The van der Waals surface area contributed by atoms with Crippen LogP contribution in [0.25, 0.3) is 0 Å². The molecule has 0 aromatic heterocycles. The minimum atomic E-state index is -3.86. The fraction of sp³-hybridized carbons (Fsp3) is 0.278. The van der Waals surface area contributed by atoms with Gasteiger partial charge in [-0.2, -0.15) is 0 Å². The number of halogens is 1. The molecule has 25 heavy (non-hydrogen) atoms. The van der Waals surface area contributed by atoms with E-state index in [0.717, 1.165) is 5.56 Å². The van der Waals surface area contributed by atoms with Crippen molar-refractivity contribution in [3.8, 4) is 0 Å². The lowest BCUT2D eigenvalue weighted by molar-refractivity contribution is -0.143. The molecule has 0 heterocycles. The summed E-state index contributed by atoms with van der Waals surface area (Å²) in [6, 6.07) is 13.0. The monoisotopic (exact) mass is 379 g/mol. The maximum atomic E-state index is 13.1. The highest BCUT2D eigenvalue weighted by molar-refractivity contribution is 7.92. The Kier molecular flexibility index (Phi) is 4.39. The van der Waals surface area contributed by atoms with Crippen LogP contribution in [0.2, 0.25) is 5.02 Å². The van der Waals surface area contributed by atoms with Gasteiger partial charge in [0.05, 0.1) is 10.1 Å². The SMILES string of the molecule is Cc1ccc(S(=O)(=O)[C@@H]2[C@@H](c3cccc(Cl)c3)[C@@]2(CN)C(=O)O)cc1. The van der Waals surface area contributed by atoms with Crippen molar-refractivity contribution >= 4 is 27.4 Å². The van der Waals surface area contributed by atoms with E-state index in [1.54, 1.807) is 36.4 Å². The Labute approximate surface area is 151 Å². The smallest absolute Gasteiger partial charge is 0.312 e. The highest BCUT2D eigenvalue weighted by Gasteiger charge is 2.75. The fourth-order valence-corrected chi connectivity index (χ4v) is 6.08. The van der Waals surface area contributed by atoms with Gasteiger partial charge < -0.3 is 10.8 Å². The number of carbonyl (C=O) groups is 1. The van der Waals surface area contributed by atoms with E-state index >= 15 is 0 Å². The van der Waals surface area contributed by atoms with Gasteiger partial charge in [0.1, 0.15) is 5.41 Å². The standard InChI is InChI=1S/C18H18ClNO4S/c1-11-5-7-14(8-6-11)25(23,24)16-15(18(16,10-20)17(21)22)12-3-2-4-13(19)9-12/h2-9,15-16H,10,20H2,1H3,(H,21,22)/t15-,16-,18-/m1/s1. The first-order valence-corrected chi connectivity index (χ1v) is 9.67. The van der Waals surface area contributed by atoms with E-state index in [0.29, 0.717) is 10.6 Å². The summed E-state index contributed by atoms with van der Waals surface area (Å²) in [5.41, 5.74) is 5.69. The van der Waals surface area contributed by atoms with Crippen molar-refractivity contribution in [2.75, 3.05) is 6.54 Å². The van der Waals surface area contributed by atoms with Gasteiger partial charge in [0.15, 0.2) is 9.84 Å². The topological polar surface area (TPSA) is 97.5 Å². The maximum Gasteiger partial charge on any atom is 0.312 e.